The third-order valence-electron chi connectivity index (χ3n) is 6.74. The van der Waals surface area contributed by atoms with Crippen LogP contribution in [-0.4, -0.2) is 84.0 Å². The van der Waals surface area contributed by atoms with Crippen LogP contribution in [0.3, 0.4) is 0 Å². The lowest BCUT2D eigenvalue weighted by molar-refractivity contribution is -0.140. The van der Waals surface area contributed by atoms with Crippen molar-refractivity contribution in [3.8, 4) is 16.9 Å². The van der Waals surface area contributed by atoms with E-state index in [-0.39, 0.29) is 61.4 Å². The lowest BCUT2D eigenvalue weighted by atomic mass is 10.1. The zero-order valence-electron chi connectivity index (χ0n) is 23.8. The number of hydrogen-bond acceptors (Lipinski definition) is 8. The van der Waals surface area contributed by atoms with E-state index in [4.69, 9.17) is 14.2 Å². The maximum absolute atomic E-state index is 14.6. The summed E-state index contributed by atoms with van der Waals surface area (Å²) in [6.07, 6.45) is 1.05. The molecule has 0 unspecified atom stereocenters. The monoisotopic (exact) mass is 605 g/mol. The van der Waals surface area contributed by atoms with Crippen molar-refractivity contribution in [1.82, 2.24) is 15.5 Å². The van der Waals surface area contributed by atoms with E-state index in [0.717, 1.165) is 11.3 Å². The SMILES string of the molecule is CC(C)(C)OC(=O)N[C@H]1C[C@H]2COc3cc(F)cc(c3)-c3csc(c3)C(=O)N[C@H](C(=O)O)COCCCCC(=O)N2C1. The number of rotatable bonds is 2. The molecule has 1 aromatic carbocycles. The van der Waals surface area contributed by atoms with Gasteiger partial charge < -0.3 is 34.9 Å². The molecule has 3 heterocycles. The molecule has 0 radical (unpaired) electrons. The van der Waals surface area contributed by atoms with Crippen molar-refractivity contribution in [3.63, 3.8) is 0 Å². The van der Waals surface area contributed by atoms with Crippen LogP contribution >= 0.6 is 11.3 Å². The summed E-state index contributed by atoms with van der Waals surface area (Å²) in [5.41, 5.74) is 0.358. The number of alkyl carbamates (subject to hydrolysis) is 1. The smallest absolute Gasteiger partial charge is 0.407 e. The summed E-state index contributed by atoms with van der Waals surface area (Å²) in [6.45, 7) is 5.63. The van der Waals surface area contributed by atoms with Crippen LogP contribution in [0.25, 0.3) is 11.1 Å². The highest BCUT2D eigenvalue weighted by Gasteiger charge is 2.37. The number of ether oxygens (including phenoxy) is 3. The third kappa shape index (κ3) is 8.65. The van der Waals surface area contributed by atoms with Crippen LogP contribution in [0.5, 0.6) is 5.75 Å². The van der Waals surface area contributed by atoms with Gasteiger partial charge in [-0.15, -0.1) is 11.3 Å². The van der Waals surface area contributed by atoms with Gasteiger partial charge in [0, 0.05) is 25.6 Å². The maximum Gasteiger partial charge on any atom is 0.407 e. The summed E-state index contributed by atoms with van der Waals surface area (Å²) in [4.78, 5) is 52.0. The first-order valence-corrected chi connectivity index (χ1v) is 14.7. The maximum atomic E-state index is 14.6. The van der Waals surface area contributed by atoms with E-state index in [9.17, 15) is 28.7 Å². The van der Waals surface area contributed by atoms with Gasteiger partial charge in [0.2, 0.25) is 5.91 Å². The largest absolute Gasteiger partial charge is 0.491 e. The van der Waals surface area contributed by atoms with Crippen molar-refractivity contribution in [3.05, 3.63) is 40.3 Å². The van der Waals surface area contributed by atoms with Crippen molar-refractivity contribution >= 4 is 35.2 Å². The number of carboxylic acids is 1. The van der Waals surface area contributed by atoms with Gasteiger partial charge in [0.25, 0.3) is 5.91 Å². The zero-order valence-corrected chi connectivity index (χ0v) is 24.6. The molecule has 1 saturated heterocycles. The molecule has 1 aromatic heterocycles. The normalized spacial score (nSPS) is 22.4. The summed E-state index contributed by atoms with van der Waals surface area (Å²) in [6, 6.07) is 3.75. The number of nitrogens with zero attached hydrogens (tertiary/aromatic N) is 1. The predicted molar refractivity (Wildman–Crippen MR) is 152 cm³/mol. The van der Waals surface area contributed by atoms with E-state index < -0.39 is 35.4 Å². The van der Waals surface area contributed by atoms with Crippen molar-refractivity contribution < 1.29 is 42.9 Å². The van der Waals surface area contributed by atoms with E-state index in [1.54, 1.807) is 43.2 Å². The quantitative estimate of drug-likeness (QED) is 0.469. The molecule has 1 fully saturated rings. The Hall–Kier alpha value is -3.71. The molecule has 0 aliphatic carbocycles. The van der Waals surface area contributed by atoms with Gasteiger partial charge in [-0.2, -0.15) is 0 Å². The number of halogens is 1. The van der Waals surface area contributed by atoms with Crippen LogP contribution in [0.1, 0.15) is 56.1 Å². The molecule has 0 saturated carbocycles. The Morgan fingerprint density at radius 1 is 1.14 bits per heavy atom. The highest BCUT2D eigenvalue weighted by Crippen LogP contribution is 2.30. The summed E-state index contributed by atoms with van der Waals surface area (Å²) in [7, 11) is 0. The number of thiophene rings is 1. The molecule has 11 nitrogen and oxygen atoms in total. The average molecular weight is 606 g/mol. The Balaban J connectivity index is 1.55. The number of nitrogens with one attached hydrogen (secondary N) is 2. The van der Waals surface area contributed by atoms with Gasteiger partial charge in [-0.3, -0.25) is 9.59 Å². The topological polar surface area (TPSA) is 144 Å². The Labute approximate surface area is 247 Å². The number of amides is 3. The first kappa shape index (κ1) is 31.2. The lowest BCUT2D eigenvalue weighted by Crippen LogP contribution is -2.43. The van der Waals surface area contributed by atoms with Crippen molar-refractivity contribution in [2.45, 2.75) is 70.2 Å². The van der Waals surface area contributed by atoms with Gasteiger partial charge in [0.05, 0.1) is 23.6 Å². The van der Waals surface area contributed by atoms with Crippen LogP contribution in [0.15, 0.2) is 29.6 Å². The fourth-order valence-corrected chi connectivity index (χ4v) is 5.62. The molecule has 2 aliphatic heterocycles. The minimum atomic E-state index is -1.26. The molecule has 3 N–H and O–H groups in total. The van der Waals surface area contributed by atoms with Crippen LogP contribution in [0.4, 0.5) is 9.18 Å². The summed E-state index contributed by atoms with van der Waals surface area (Å²) >= 11 is 1.10. The number of carboxylic acid groups (broad SMARTS) is 1. The Morgan fingerprint density at radius 2 is 1.93 bits per heavy atom. The number of benzene rings is 1. The van der Waals surface area contributed by atoms with Gasteiger partial charge in [0.15, 0.2) is 6.04 Å². The Kier molecular flexibility index (Phi) is 10.0. The number of carbonyl (C=O) groups is 4. The molecule has 2 aromatic rings. The van der Waals surface area contributed by atoms with Crippen LogP contribution < -0.4 is 15.4 Å². The Morgan fingerprint density at radius 3 is 2.67 bits per heavy atom. The standard InChI is InChI=1S/C29H36FN3O8S/c1-29(2,3)41-28(38)31-20-12-21-14-40-22-9-17(8-19(30)11-22)18-10-24(42-16-18)26(35)32-23(27(36)37)15-39-7-5-4-6-25(34)33(21)13-20/h8-11,16,20-21,23H,4-7,12-15H2,1-3H3,(H,31,38)(H,32,35)(H,36,37)/t20-,21-,23-/m0/s1. The van der Waals surface area contributed by atoms with Crippen molar-refractivity contribution in [1.29, 1.82) is 0 Å². The molecule has 0 spiro atoms. The molecule has 228 valence electrons. The molecule has 3 atom stereocenters. The number of hydrogen-bond donors (Lipinski definition) is 3. The van der Waals surface area contributed by atoms with Gasteiger partial charge in [-0.05, 0) is 74.7 Å². The van der Waals surface area contributed by atoms with E-state index in [0.29, 0.717) is 30.4 Å². The molecular weight excluding hydrogens is 569 g/mol. The second-order valence-corrected chi connectivity index (χ2v) is 12.3. The van der Waals surface area contributed by atoms with Crippen molar-refractivity contribution in [2.24, 2.45) is 0 Å². The van der Waals surface area contributed by atoms with Crippen LogP contribution in [0.2, 0.25) is 0 Å². The van der Waals surface area contributed by atoms with E-state index in [1.165, 1.54) is 12.1 Å². The fourth-order valence-electron chi connectivity index (χ4n) is 4.80. The molecule has 42 heavy (non-hydrogen) atoms. The molecule has 3 amide bonds. The van der Waals surface area contributed by atoms with E-state index in [2.05, 4.69) is 10.6 Å². The number of fused-ring (bicyclic) bond motifs is 6. The zero-order chi connectivity index (χ0) is 30.4. The van der Waals surface area contributed by atoms with Gasteiger partial charge in [0.1, 0.15) is 23.8 Å². The summed E-state index contributed by atoms with van der Waals surface area (Å²) in [5, 5.41) is 16.5. The predicted octanol–water partition coefficient (Wildman–Crippen LogP) is 3.81. The minimum absolute atomic E-state index is 0.0815. The second kappa shape index (κ2) is 13.5. The van der Waals surface area contributed by atoms with Crippen molar-refractivity contribution in [2.75, 3.05) is 26.4 Å². The average Bonchev–Trinajstić information content (AvgIpc) is 3.54. The summed E-state index contributed by atoms with van der Waals surface area (Å²) < 4.78 is 31.5. The third-order valence-corrected chi connectivity index (χ3v) is 7.67. The molecule has 4 bridgehead atoms. The van der Waals surface area contributed by atoms with E-state index in [1.807, 2.05) is 0 Å². The van der Waals surface area contributed by atoms with Crippen LogP contribution in [-0.2, 0) is 19.1 Å². The highest BCUT2D eigenvalue weighted by atomic mass is 32.1. The number of carbonyl (C=O) groups excluding carboxylic acids is 3. The molecule has 4 rings (SSSR count). The fraction of sp³-hybridized carbons (Fsp3) is 0.517. The first-order chi connectivity index (χ1) is 19.9. The van der Waals surface area contributed by atoms with Gasteiger partial charge in [-0.25, -0.2) is 14.0 Å². The summed E-state index contributed by atoms with van der Waals surface area (Å²) in [5.74, 6) is -2.25. The Bertz CT molecular complexity index is 1310. The van der Waals surface area contributed by atoms with Gasteiger partial charge in [-0.1, -0.05) is 0 Å². The molecular formula is C29H36FN3O8S. The first-order valence-electron chi connectivity index (χ1n) is 13.8. The molecule has 13 heteroatoms. The second-order valence-electron chi connectivity index (χ2n) is 11.4. The van der Waals surface area contributed by atoms with E-state index >= 15 is 0 Å². The number of aliphatic carboxylic acids is 1. The minimum Gasteiger partial charge on any atom is -0.491 e. The van der Waals surface area contributed by atoms with Gasteiger partial charge >= 0.3 is 12.1 Å². The van der Waals surface area contributed by atoms with Crippen LogP contribution in [0, 0.1) is 5.82 Å². The molecule has 2 aliphatic rings. The highest BCUT2D eigenvalue weighted by molar-refractivity contribution is 7.12. The lowest BCUT2D eigenvalue weighted by Gasteiger charge is -2.25.